The van der Waals surface area contributed by atoms with Crippen LogP contribution in [0, 0.1) is 0 Å². The van der Waals surface area contributed by atoms with E-state index >= 15 is 0 Å². The molecule has 2 aliphatic heterocycles. The highest BCUT2D eigenvalue weighted by Crippen LogP contribution is 2.31. The third kappa shape index (κ3) is 58.9. The lowest BCUT2D eigenvalue weighted by Crippen LogP contribution is -2.65. The lowest BCUT2D eigenvalue weighted by Gasteiger charge is -2.46. The zero-order valence-corrected chi connectivity index (χ0v) is 70.2. The second-order valence-corrected chi connectivity index (χ2v) is 33.5. The molecule has 2 heterocycles. The highest BCUT2D eigenvalue weighted by Gasteiger charge is 2.51. The van der Waals surface area contributed by atoms with Crippen molar-refractivity contribution in [3.8, 4) is 0 Å². The molecule has 0 aromatic heterocycles. The molecule has 2 rings (SSSR count). The van der Waals surface area contributed by atoms with Gasteiger partial charge in [-0.3, -0.25) is 4.79 Å². The van der Waals surface area contributed by atoms with E-state index < -0.39 is 86.8 Å². The van der Waals surface area contributed by atoms with E-state index in [0.29, 0.717) is 12.8 Å². The highest BCUT2D eigenvalue weighted by molar-refractivity contribution is 5.76. The maximum absolute atomic E-state index is 13.4. The molecule has 14 nitrogen and oxygen atoms in total. The van der Waals surface area contributed by atoms with Crippen LogP contribution in [0.1, 0.15) is 470 Å². The molecule has 634 valence electrons. The Morgan fingerprint density at radius 3 is 0.916 bits per heavy atom. The topological polar surface area (TPSA) is 228 Å². The molecule has 2 aliphatic rings. The Morgan fingerprint density at radius 1 is 0.327 bits per heavy atom. The van der Waals surface area contributed by atoms with Crippen molar-refractivity contribution in [1.29, 1.82) is 0 Å². The molecular formula is C93H179NO13. The molecule has 9 N–H and O–H groups in total. The molecule has 107 heavy (non-hydrogen) atoms. The molecule has 2 saturated heterocycles. The zero-order chi connectivity index (χ0) is 77.2. The SMILES string of the molecule is CCCCCCCCCCCCCCCCCCCCCCCCCCCCC/C=C/CC/C=C/C(O)C(COC1OC(CO)C(OC2OC(CO)C(O)C(O)C2O)C(O)C1O)NC(=O)CCCCCCCCCCCCCCCCCCCCCCCCCCCCCCCCCCCCCCCCCC. The minimum absolute atomic E-state index is 0.238. The minimum atomic E-state index is -1.79. The molecule has 12 atom stereocenters. The van der Waals surface area contributed by atoms with Crippen molar-refractivity contribution < 1.29 is 64.6 Å². The van der Waals surface area contributed by atoms with Crippen LogP contribution >= 0.6 is 0 Å². The molecule has 0 bridgehead atoms. The maximum Gasteiger partial charge on any atom is 0.220 e. The molecule has 2 fully saturated rings. The van der Waals surface area contributed by atoms with Gasteiger partial charge < -0.3 is 65.1 Å². The van der Waals surface area contributed by atoms with Crippen LogP contribution in [0.15, 0.2) is 24.3 Å². The Hall–Kier alpha value is -1.53. The van der Waals surface area contributed by atoms with E-state index in [1.807, 2.05) is 6.08 Å². The molecule has 0 spiro atoms. The summed E-state index contributed by atoms with van der Waals surface area (Å²) in [7, 11) is 0. The minimum Gasteiger partial charge on any atom is -0.394 e. The number of unbranched alkanes of at least 4 members (excludes halogenated alkanes) is 67. The summed E-state index contributed by atoms with van der Waals surface area (Å²) in [5.74, 6) is -0.238. The Kier molecular flexibility index (Phi) is 73.1. The maximum atomic E-state index is 13.4. The first-order valence-corrected chi connectivity index (χ1v) is 47.1. The summed E-state index contributed by atoms with van der Waals surface area (Å²) in [6.07, 6.45) is 86.2. The number of carbonyl (C=O) groups is 1. The van der Waals surface area contributed by atoms with Gasteiger partial charge in [-0.2, -0.15) is 0 Å². The number of aliphatic hydroxyl groups excluding tert-OH is 8. The molecule has 0 aromatic rings. The molecular weight excluding hydrogens is 1340 g/mol. The van der Waals surface area contributed by atoms with Crippen molar-refractivity contribution >= 4 is 5.91 Å². The van der Waals surface area contributed by atoms with E-state index in [2.05, 4.69) is 31.3 Å². The Labute approximate surface area is 659 Å². The van der Waals surface area contributed by atoms with Gasteiger partial charge in [0.15, 0.2) is 12.6 Å². The Morgan fingerprint density at radius 2 is 0.598 bits per heavy atom. The van der Waals surface area contributed by atoms with E-state index in [9.17, 15) is 45.6 Å². The summed E-state index contributed by atoms with van der Waals surface area (Å²) in [5, 5.41) is 87.9. The smallest absolute Gasteiger partial charge is 0.220 e. The summed E-state index contributed by atoms with van der Waals surface area (Å²) in [6.45, 7) is 2.87. The predicted molar refractivity (Wildman–Crippen MR) is 448 cm³/mol. The van der Waals surface area contributed by atoms with Crippen molar-refractivity contribution in [1.82, 2.24) is 5.32 Å². The molecule has 0 saturated carbocycles. The quantitative estimate of drug-likeness (QED) is 0.0204. The van der Waals surface area contributed by atoms with Gasteiger partial charge in [0.1, 0.15) is 48.8 Å². The Balaban J connectivity index is 1.55. The first-order valence-electron chi connectivity index (χ1n) is 47.1. The van der Waals surface area contributed by atoms with Gasteiger partial charge in [-0.1, -0.05) is 456 Å². The molecule has 14 heteroatoms. The van der Waals surface area contributed by atoms with Gasteiger partial charge in [-0.25, -0.2) is 0 Å². The van der Waals surface area contributed by atoms with Crippen LogP contribution < -0.4 is 5.32 Å². The summed E-state index contributed by atoms with van der Waals surface area (Å²) in [4.78, 5) is 13.4. The van der Waals surface area contributed by atoms with Crippen LogP contribution in [-0.4, -0.2) is 140 Å². The fraction of sp³-hybridized carbons (Fsp3) is 0.946. The summed E-state index contributed by atoms with van der Waals surface area (Å²) in [5.41, 5.74) is 0. The second-order valence-electron chi connectivity index (χ2n) is 33.5. The van der Waals surface area contributed by atoms with Gasteiger partial charge in [0.2, 0.25) is 5.91 Å². The van der Waals surface area contributed by atoms with Gasteiger partial charge in [0, 0.05) is 6.42 Å². The lowest BCUT2D eigenvalue weighted by atomic mass is 9.97. The van der Waals surface area contributed by atoms with Gasteiger partial charge in [-0.15, -0.1) is 0 Å². The highest BCUT2D eigenvalue weighted by atomic mass is 16.7. The van der Waals surface area contributed by atoms with E-state index in [4.69, 9.17) is 18.9 Å². The summed E-state index contributed by atoms with van der Waals surface area (Å²) < 4.78 is 23.0. The largest absolute Gasteiger partial charge is 0.394 e. The van der Waals surface area contributed by atoms with E-state index in [0.717, 1.165) is 32.1 Å². The van der Waals surface area contributed by atoms with Crippen LogP contribution in [0.2, 0.25) is 0 Å². The lowest BCUT2D eigenvalue weighted by molar-refractivity contribution is -0.359. The number of hydrogen-bond acceptors (Lipinski definition) is 13. The van der Waals surface area contributed by atoms with Gasteiger partial charge in [0.25, 0.3) is 0 Å². The van der Waals surface area contributed by atoms with Crippen molar-refractivity contribution in [2.24, 2.45) is 0 Å². The normalized spacial score (nSPS) is 21.2. The molecule has 0 radical (unpaired) electrons. The number of carbonyl (C=O) groups excluding carboxylic acids is 1. The third-order valence-electron chi connectivity index (χ3n) is 23.4. The van der Waals surface area contributed by atoms with Crippen LogP contribution in [0.5, 0.6) is 0 Å². The third-order valence-corrected chi connectivity index (χ3v) is 23.4. The number of amides is 1. The predicted octanol–water partition coefficient (Wildman–Crippen LogP) is 23.3. The summed E-state index contributed by atoms with van der Waals surface area (Å²) in [6, 6.07) is -0.932. The molecule has 0 aromatic carbocycles. The van der Waals surface area contributed by atoms with Crippen molar-refractivity contribution in [2.45, 2.75) is 543 Å². The first kappa shape index (κ1) is 102. The number of allylic oxidation sites excluding steroid dienone is 3. The standard InChI is InChI=1S/C93H179NO13/c1-3-5-7-9-11-13-15-17-19-21-23-25-27-29-31-33-35-37-38-39-40-41-42-43-45-47-49-51-53-55-57-59-61-63-65-67-69-71-73-75-77-85(98)94-81(80-104-92-90(103)88(101)91(84(79-96)106-92)107-93-89(102)87(100)86(99)83(78-95)105-93)82(97)76-74-72-70-68-66-64-62-60-58-56-54-52-50-48-46-44-36-34-32-30-28-26-24-22-20-18-16-14-12-10-8-6-4-2/h66,68,74,76,81-84,86-93,95-97,99-103H,3-65,67,69-73,75,77-80H2,1-2H3,(H,94,98)/b68-66+,76-74+. The zero-order valence-electron chi connectivity index (χ0n) is 70.2. The average Bonchev–Trinajstić information content (AvgIpc) is 0.789. The molecule has 1 amide bonds. The van der Waals surface area contributed by atoms with Gasteiger partial charge in [-0.05, 0) is 32.1 Å². The Bertz CT molecular complexity index is 1890. The van der Waals surface area contributed by atoms with Gasteiger partial charge in [0.05, 0.1) is 32.0 Å². The average molecular weight is 1520 g/mol. The van der Waals surface area contributed by atoms with E-state index in [1.165, 1.54) is 405 Å². The van der Waals surface area contributed by atoms with Crippen molar-refractivity contribution in [3.05, 3.63) is 24.3 Å². The van der Waals surface area contributed by atoms with Crippen molar-refractivity contribution in [2.75, 3.05) is 19.8 Å². The monoisotopic (exact) mass is 1520 g/mol. The van der Waals surface area contributed by atoms with Gasteiger partial charge >= 0.3 is 0 Å². The first-order chi connectivity index (χ1) is 52.6. The van der Waals surface area contributed by atoms with Crippen LogP contribution in [-0.2, 0) is 23.7 Å². The van der Waals surface area contributed by atoms with Crippen LogP contribution in [0.3, 0.4) is 0 Å². The number of aliphatic hydroxyl groups is 8. The number of nitrogens with one attached hydrogen (secondary N) is 1. The molecule has 0 aliphatic carbocycles. The number of rotatable bonds is 82. The fourth-order valence-corrected chi connectivity index (χ4v) is 16.0. The molecule has 12 unspecified atom stereocenters. The second kappa shape index (κ2) is 77.1. The number of hydrogen-bond donors (Lipinski definition) is 9. The van der Waals surface area contributed by atoms with E-state index in [-0.39, 0.29) is 18.9 Å². The number of ether oxygens (including phenoxy) is 4. The van der Waals surface area contributed by atoms with Crippen molar-refractivity contribution in [3.63, 3.8) is 0 Å². The van der Waals surface area contributed by atoms with Crippen LogP contribution in [0.4, 0.5) is 0 Å². The fourth-order valence-electron chi connectivity index (χ4n) is 16.0. The van der Waals surface area contributed by atoms with E-state index in [1.54, 1.807) is 6.08 Å². The van der Waals surface area contributed by atoms with Crippen LogP contribution in [0.25, 0.3) is 0 Å². The summed E-state index contributed by atoms with van der Waals surface area (Å²) >= 11 is 0.